The number of fused-ring (bicyclic) bond motifs is 5. The molecule has 0 saturated carbocycles. The van der Waals surface area contributed by atoms with Gasteiger partial charge in [0.2, 0.25) is 5.91 Å². The number of piperazine rings is 1. The predicted molar refractivity (Wildman–Crippen MR) is 266 cm³/mol. The maximum Gasteiger partial charge on any atom is 0.415 e. The number of benzene rings is 3. The van der Waals surface area contributed by atoms with Crippen LogP contribution in [0, 0.1) is 0 Å². The van der Waals surface area contributed by atoms with E-state index in [-0.39, 0.29) is 30.1 Å². The summed E-state index contributed by atoms with van der Waals surface area (Å²) in [6, 6.07) is 19.4. The zero-order valence-electron chi connectivity index (χ0n) is 38.6. The van der Waals surface area contributed by atoms with Gasteiger partial charge in [-0.1, -0.05) is 105 Å². The van der Waals surface area contributed by atoms with E-state index < -0.39 is 11.7 Å². The third-order valence-corrected chi connectivity index (χ3v) is 12.7. The third-order valence-electron chi connectivity index (χ3n) is 12.7. The molecule has 1 saturated heterocycles. The van der Waals surface area contributed by atoms with Crippen molar-refractivity contribution in [1.82, 2.24) is 14.4 Å². The molecule has 3 aromatic carbocycles. The highest BCUT2D eigenvalue weighted by Crippen LogP contribution is 2.40. The van der Waals surface area contributed by atoms with Gasteiger partial charge in [-0.05, 0) is 122 Å². The molecule has 1 atom stereocenters. The van der Waals surface area contributed by atoms with Gasteiger partial charge in [-0.2, -0.15) is 0 Å². The van der Waals surface area contributed by atoms with Crippen molar-refractivity contribution in [2.45, 2.75) is 103 Å². The van der Waals surface area contributed by atoms with Gasteiger partial charge in [0, 0.05) is 67.9 Å². The number of aromatic nitrogens is 1. The number of hydrogen-bond acceptors (Lipinski definition) is 7. The van der Waals surface area contributed by atoms with Gasteiger partial charge in [-0.25, -0.2) is 4.79 Å². The van der Waals surface area contributed by atoms with E-state index >= 15 is 0 Å². The SMILES string of the molecule is CC/C=C\C/C=C\C/C=C\C/C=C\C/C=C\C/C=C\CCC(=O)Nc1ccc(CN2CCN(C(=O)Oc3ccc4cc5c(cc4c3)Cn3c-5cc4c(c3=O)CCC(=O)[C@]4(O)CC)CC2)cc1. The van der Waals surface area contributed by atoms with Crippen LogP contribution in [0.25, 0.3) is 22.0 Å². The number of pyridine rings is 1. The van der Waals surface area contributed by atoms with Crippen LogP contribution < -0.4 is 15.6 Å². The van der Waals surface area contributed by atoms with Crippen molar-refractivity contribution in [2.75, 3.05) is 31.5 Å². The fourth-order valence-electron chi connectivity index (χ4n) is 8.87. The highest BCUT2D eigenvalue weighted by molar-refractivity contribution is 5.93. The largest absolute Gasteiger partial charge is 0.415 e. The smallest absolute Gasteiger partial charge is 0.410 e. The maximum absolute atomic E-state index is 13.6. The van der Waals surface area contributed by atoms with Crippen molar-refractivity contribution >= 4 is 34.2 Å². The molecule has 10 heteroatoms. The first kappa shape index (κ1) is 47.6. The second-order valence-corrected chi connectivity index (χ2v) is 17.3. The molecule has 1 aliphatic carbocycles. The first-order valence-corrected chi connectivity index (χ1v) is 23.7. The fourth-order valence-corrected chi connectivity index (χ4v) is 8.87. The number of ketones is 1. The Hall–Kier alpha value is -6.36. The molecule has 3 aliphatic rings. The number of nitrogens with one attached hydrogen (secondary N) is 1. The Kier molecular flexibility index (Phi) is 16.7. The zero-order chi connectivity index (χ0) is 46.3. The molecule has 0 radical (unpaired) electrons. The Morgan fingerprint density at radius 3 is 2.00 bits per heavy atom. The van der Waals surface area contributed by atoms with E-state index in [0.29, 0.717) is 74.6 Å². The van der Waals surface area contributed by atoms with E-state index in [4.69, 9.17) is 4.74 Å². The second kappa shape index (κ2) is 23.2. The zero-order valence-corrected chi connectivity index (χ0v) is 38.6. The monoisotopic (exact) mass is 888 g/mol. The number of anilines is 1. The van der Waals surface area contributed by atoms with E-state index in [2.05, 4.69) is 90.1 Å². The van der Waals surface area contributed by atoms with Gasteiger partial charge in [0.25, 0.3) is 5.56 Å². The van der Waals surface area contributed by atoms with Crippen LogP contribution in [0.2, 0.25) is 0 Å². The van der Waals surface area contributed by atoms with Crippen LogP contribution in [0.4, 0.5) is 10.5 Å². The number of Topliss-reactive ketones (excluding diaryl/α,β-unsaturated/α-hetero) is 1. The summed E-state index contributed by atoms with van der Waals surface area (Å²) in [5.41, 5.74) is 3.64. The number of carbonyl (C=O) groups excluding carboxylic acids is 3. The van der Waals surface area contributed by atoms with Gasteiger partial charge >= 0.3 is 6.09 Å². The van der Waals surface area contributed by atoms with Crippen LogP contribution in [0.15, 0.2) is 138 Å². The average molecular weight is 889 g/mol. The van der Waals surface area contributed by atoms with Crippen LogP contribution in [-0.2, 0) is 34.7 Å². The molecule has 3 heterocycles. The molecule has 344 valence electrons. The van der Waals surface area contributed by atoms with Crippen LogP contribution >= 0.6 is 0 Å². The molecule has 1 aromatic heterocycles. The van der Waals surface area contributed by atoms with Crippen molar-refractivity contribution in [1.29, 1.82) is 0 Å². The van der Waals surface area contributed by atoms with Crippen molar-refractivity contribution in [3.8, 4) is 17.0 Å². The van der Waals surface area contributed by atoms with Gasteiger partial charge in [0.15, 0.2) is 5.78 Å². The lowest BCUT2D eigenvalue weighted by Gasteiger charge is -2.34. The molecule has 0 bridgehead atoms. The molecule has 7 rings (SSSR count). The standard InChI is InChI=1S/C56H64N4O6/c1-3-5-6-7-8-9-10-11-12-13-14-15-16-17-18-19-20-21-22-23-53(62)57-46-27-24-42(25-28-46)40-58-32-34-59(35-33-58)55(64)66-47-29-26-43-38-49-45(36-44(43)37-47)41-60-51(49)39-50-48(54(60)63)30-31-52(61)56(50,65)4-2/h5-6,8-9,11-12,14-15,17-18,20-21,24-29,36-39,65H,3-4,7,10,13,16,19,22-23,30-35,40-41H2,1-2H3,(H,57,62)/b6-5-,9-8-,12-11-,15-14-,18-17-,21-20-/t56-/m0/s1. The Labute approximate surface area is 389 Å². The summed E-state index contributed by atoms with van der Waals surface area (Å²) in [5, 5.41) is 16.1. The number of carbonyl (C=O) groups is 3. The fraction of sp³-hybridized carbons (Fsp3) is 0.357. The van der Waals surface area contributed by atoms with Crippen LogP contribution in [0.3, 0.4) is 0 Å². The van der Waals surface area contributed by atoms with E-state index in [1.807, 2.05) is 54.6 Å². The lowest BCUT2D eigenvalue weighted by atomic mass is 9.76. The van der Waals surface area contributed by atoms with Gasteiger partial charge < -0.3 is 24.6 Å². The molecular weight excluding hydrogens is 825 g/mol. The van der Waals surface area contributed by atoms with Gasteiger partial charge in [-0.15, -0.1) is 0 Å². The molecule has 0 unspecified atom stereocenters. The molecule has 4 aromatic rings. The molecule has 2 N–H and O–H groups in total. The normalized spacial score (nSPS) is 17.6. The van der Waals surface area contributed by atoms with Crippen LogP contribution in [0.5, 0.6) is 5.75 Å². The molecule has 66 heavy (non-hydrogen) atoms. The van der Waals surface area contributed by atoms with Gasteiger partial charge in [0.05, 0.1) is 12.2 Å². The highest BCUT2D eigenvalue weighted by atomic mass is 16.6. The second-order valence-electron chi connectivity index (χ2n) is 17.3. The quantitative estimate of drug-likeness (QED) is 0.0792. The minimum absolute atomic E-state index is 0.00753. The topological polar surface area (TPSA) is 121 Å². The Balaban J connectivity index is 0.789. The summed E-state index contributed by atoms with van der Waals surface area (Å²) < 4.78 is 7.60. The number of aliphatic hydroxyl groups is 1. The number of nitrogens with zero attached hydrogens (tertiary/aromatic N) is 3. The van der Waals surface area contributed by atoms with Gasteiger partial charge in [0.1, 0.15) is 11.4 Å². The summed E-state index contributed by atoms with van der Waals surface area (Å²) in [5.74, 6) is 0.203. The first-order valence-electron chi connectivity index (χ1n) is 23.7. The number of ether oxygens (including phenoxy) is 1. The molecule has 2 aliphatic heterocycles. The Morgan fingerprint density at radius 1 is 0.727 bits per heavy atom. The van der Waals surface area contributed by atoms with Gasteiger partial charge in [-0.3, -0.25) is 19.3 Å². The molecule has 1 fully saturated rings. The van der Waals surface area contributed by atoms with E-state index in [1.165, 1.54) is 0 Å². The third kappa shape index (κ3) is 12.1. The summed E-state index contributed by atoms with van der Waals surface area (Å²) in [7, 11) is 0. The minimum atomic E-state index is -1.64. The van der Waals surface area contributed by atoms with Crippen molar-refractivity contribution in [3.05, 3.63) is 166 Å². The van der Waals surface area contributed by atoms with Crippen molar-refractivity contribution in [3.63, 3.8) is 0 Å². The highest BCUT2D eigenvalue weighted by Gasteiger charge is 2.43. The average Bonchev–Trinajstić information content (AvgIpc) is 3.68. The van der Waals surface area contributed by atoms with E-state index in [9.17, 15) is 24.3 Å². The summed E-state index contributed by atoms with van der Waals surface area (Å²) in [6.07, 6.45) is 33.3. The molecule has 10 nitrogen and oxygen atoms in total. The van der Waals surface area contributed by atoms with Crippen molar-refractivity contribution < 1.29 is 24.2 Å². The summed E-state index contributed by atoms with van der Waals surface area (Å²) in [6.45, 7) is 7.55. The Bertz CT molecular complexity index is 2610. The summed E-state index contributed by atoms with van der Waals surface area (Å²) in [4.78, 5) is 56.2. The lowest BCUT2D eigenvalue weighted by Crippen LogP contribution is -2.49. The van der Waals surface area contributed by atoms with Crippen LogP contribution in [0.1, 0.15) is 100 Å². The number of hydrogen-bond donors (Lipinski definition) is 2. The van der Waals surface area contributed by atoms with Crippen molar-refractivity contribution in [2.24, 2.45) is 0 Å². The lowest BCUT2D eigenvalue weighted by molar-refractivity contribution is -0.140. The Morgan fingerprint density at radius 2 is 1.36 bits per heavy atom. The molecule has 0 spiro atoms. The number of allylic oxidation sites excluding steroid dienone is 12. The molecular formula is C56H64N4O6. The molecule has 2 amide bonds. The minimum Gasteiger partial charge on any atom is -0.410 e. The maximum atomic E-state index is 13.6. The van der Waals surface area contributed by atoms with E-state index in [0.717, 1.165) is 78.2 Å². The first-order chi connectivity index (χ1) is 32.2. The predicted octanol–water partition coefficient (Wildman–Crippen LogP) is 10.9. The number of rotatable bonds is 19. The number of amides is 2. The van der Waals surface area contributed by atoms with E-state index in [1.54, 1.807) is 22.5 Å². The van der Waals surface area contributed by atoms with Crippen LogP contribution in [-0.4, -0.2) is 63.4 Å². The summed E-state index contributed by atoms with van der Waals surface area (Å²) >= 11 is 0.